The molecule has 0 aliphatic heterocycles. The van der Waals surface area contributed by atoms with Crippen LogP contribution in [-0.4, -0.2) is 17.7 Å². The third-order valence-electron chi connectivity index (χ3n) is 3.56. The van der Waals surface area contributed by atoms with Crippen molar-refractivity contribution in [2.75, 3.05) is 0 Å². The van der Waals surface area contributed by atoms with E-state index in [1.54, 1.807) is 0 Å². The summed E-state index contributed by atoms with van der Waals surface area (Å²) in [6.07, 6.45) is 6.13. The average Bonchev–Trinajstić information content (AvgIpc) is 2.24. The summed E-state index contributed by atoms with van der Waals surface area (Å²) < 4.78 is 5.36. The molecule has 0 aromatic heterocycles. The van der Waals surface area contributed by atoms with Crippen molar-refractivity contribution in [3.05, 3.63) is 0 Å². The number of nitrogens with one attached hydrogen (secondary N) is 1. The number of hydrogen-bond donors (Lipinski definition) is 1. The standard InChI is InChI=1S/C15H29NO2/c1-11(2)13(12-9-7-6-8-10-12)16-14(17)18-15(3,4)5/h11-13H,6-10H2,1-5H3,(H,16,17). The summed E-state index contributed by atoms with van der Waals surface area (Å²) in [5, 5.41) is 3.08. The second-order valence-electron chi connectivity index (χ2n) is 6.81. The molecule has 1 saturated carbocycles. The predicted molar refractivity (Wildman–Crippen MR) is 74.6 cm³/mol. The minimum Gasteiger partial charge on any atom is -0.444 e. The van der Waals surface area contributed by atoms with Gasteiger partial charge in [0.15, 0.2) is 0 Å². The van der Waals surface area contributed by atoms with Gasteiger partial charge in [0.1, 0.15) is 5.60 Å². The maximum atomic E-state index is 11.9. The highest BCUT2D eigenvalue weighted by Crippen LogP contribution is 2.29. The van der Waals surface area contributed by atoms with Crippen LogP contribution in [0, 0.1) is 11.8 Å². The normalized spacial score (nSPS) is 19.7. The van der Waals surface area contributed by atoms with Crippen LogP contribution in [0.4, 0.5) is 4.79 Å². The van der Waals surface area contributed by atoms with Gasteiger partial charge in [-0.1, -0.05) is 33.1 Å². The van der Waals surface area contributed by atoms with Gasteiger partial charge in [-0.25, -0.2) is 4.79 Å². The summed E-state index contributed by atoms with van der Waals surface area (Å²) in [5.74, 6) is 1.08. The SMILES string of the molecule is CC(C)C(NC(=O)OC(C)(C)C)C1CCCCC1. The molecule has 1 fully saturated rings. The molecule has 1 aliphatic carbocycles. The fraction of sp³-hybridized carbons (Fsp3) is 0.933. The largest absolute Gasteiger partial charge is 0.444 e. The van der Waals surface area contributed by atoms with E-state index >= 15 is 0 Å². The van der Waals surface area contributed by atoms with Gasteiger partial charge >= 0.3 is 6.09 Å². The van der Waals surface area contributed by atoms with Gasteiger partial charge in [-0.15, -0.1) is 0 Å². The highest BCUT2D eigenvalue weighted by molar-refractivity contribution is 5.68. The Kier molecular flexibility index (Phi) is 5.48. The first-order chi connectivity index (χ1) is 8.29. The predicted octanol–water partition coefficient (Wildman–Crippen LogP) is 4.12. The third-order valence-corrected chi connectivity index (χ3v) is 3.56. The third kappa shape index (κ3) is 5.28. The molecular weight excluding hydrogens is 226 g/mol. The summed E-state index contributed by atoms with van der Waals surface area (Å²) in [6, 6.07) is 0.250. The Morgan fingerprint density at radius 1 is 1.17 bits per heavy atom. The van der Waals surface area contributed by atoms with Gasteiger partial charge < -0.3 is 10.1 Å². The van der Waals surface area contributed by atoms with Gasteiger partial charge in [0, 0.05) is 6.04 Å². The van der Waals surface area contributed by atoms with Crippen molar-refractivity contribution in [2.45, 2.75) is 78.4 Å². The van der Waals surface area contributed by atoms with E-state index in [9.17, 15) is 4.79 Å². The molecule has 0 spiro atoms. The van der Waals surface area contributed by atoms with Gasteiger partial charge in [-0.2, -0.15) is 0 Å². The number of ether oxygens (including phenoxy) is 1. The minimum atomic E-state index is -0.418. The maximum absolute atomic E-state index is 11.9. The second-order valence-corrected chi connectivity index (χ2v) is 6.81. The number of carbonyl (C=O) groups excluding carboxylic acids is 1. The Morgan fingerprint density at radius 2 is 1.72 bits per heavy atom. The zero-order chi connectivity index (χ0) is 13.8. The molecule has 0 saturated heterocycles. The van der Waals surface area contributed by atoms with Crippen molar-refractivity contribution in [3.63, 3.8) is 0 Å². The number of amides is 1. The summed E-state index contributed by atoms with van der Waals surface area (Å²) in [4.78, 5) is 11.9. The molecule has 1 atom stereocenters. The zero-order valence-corrected chi connectivity index (χ0v) is 12.6. The second kappa shape index (κ2) is 6.44. The summed E-state index contributed by atoms with van der Waals surface area (Å²) in [5.41, 5.74) is -0.418. The lowest BCUT2D eigenvalue weighted by Gasteiger charge is -2.34. The van der Waals surface area contributed by atoms with Gasteiger partial charge in [0.25, 0.3) is 0 Å². The molecule has 0 aromatic rings. The molecule has 3 nitrogen and oxygen atoms in total. The van der Waals surface area contributed by atoms with Crippen molar-refractivity contribution >= 4 is 6.09 Å². The summed E-state index contributed by atoms with van der Waals surface area (Å²) in [7, 11) is 0. The molecule has 0 aromatic carbocycles. The Labute approximate surface area is 112 Å². The van der Waals surface area contributed by atoms with E-state index in [1.165, 1.54) is 32.1 Å². The highest BCUT2D eigenvalue weighted by Gasteiger charge is 2.29. The van der Waals surface area contributed by atoms with Crippen LogP contribution in [0.15, 0.2) is 0 Å². The van der Waals surface area contributed by atoms with Crippen molar-refractivity contribution < 1.29 is 9.53 Å². The molecule has 0 heterocycles. The molecule has 1 rings (SSSR count). The average molecular weight is 255 g/mol. The molecule has 0 radical (unpaired) electrons. The van der Waals surface area contributed by atoms with Crippen LogP contribution < -0.4 is 5.32 Å². The van der Waals surface area contributed by atoms with Crippen LogP contribution in [0.3, 0.4) is 0 Å². The van der Waals surface area contributed by atoms with E-state index < -0.39 is 5.60 Å². The molecular formula is C15H29NO2. The number of rotatable bonds is 3. The fourth-order valence-corrected chi connectivity index (χ4v) is 2.77. The molecule has 3 heteroatoms. The monoisotopic (exact) mass is 255 g/mol. The lowest BCUT2D eigenvalue weighted by molar-refractivity contribution is 0.0453. The highest BCUT2D eigenvalue weighted by atomic mass is 16.6. The lowest BCUT2D eigenvalue weighted by atomic mass is 9.80. The van der Waals surface area contributed by atoms with E-state index in [0.717, 1.165) is 0 Å². The van der Waals surface area contributed by atoms with Crippen LogP contribution in [0.1, 0.15) is 66.7 Å². The van der Waals surface area contributed by atoms with Crippen molar-refractivity contribution in [3.8, 4) is 0 Å². The Morgan fingerprint density at radius 3 is 2.17 bits per heavy atom. The van der Waals surface area contributed by atoms with Crippen molar-refractivity contribution in [1.29, 1.82) is 0 Å². The Hall–Kier alpha value is -0.730. The van der Waals surface area contributed by atoms with E-state index in [4.69, 9.17) is 4.74 Å². The van der Waals surface area contributed by atoms with E-state index in [2.05, 4.69) is 19.2 Å². The number of hydrogen-bond acceptors (Lipinski definition) is 2. The number of alkyl carbamates (subject to hydrolysis) is 1. The molecule has 1 aliphatic rings. The first-order valence-electron chi connectivity index (χ1n) is 7.29. The quantitative estimate of drug-likeness (QED) is 0.824. The first kappa shape index (κ1) is 15.3. The van der Waals surface area contributed by atoms with Crippen LogP contribution in [0.25, 0.3) is 0 Å². The molecule has 1 N–H and O–H groups in total. The Balaban J connectivity index is 2.54. The lowest BCUT2D eigenvalue weighted by Crippen LogP contribution is -2.46. The van der Waals surface area contributed by atoms with E-state index in [-0.39, 0.29) is 12.1 Å². The van der Waals surface area contributed by atoms with Crippen LogP contribution in [0.2, 0.25) is 0 Å². The van der Waals surface area contributed by atoms with Crippen molar-refractivity contribution in [1.82, 2.24) is 5.32 Å². The van der Waals surface area contributed by atoms with Crippen LogP contribution >= 0.6 is 0 Å². The van der Waals surface area contributed by atoms with Crippen LogP contribution in [0.5, 0.6) is 0 Å². The van der Waals surface area contributed by atoms with E-state index in [1.807, 2.05) is 20.8 Å². The number of carbonyl (C=O) groups is 1. The molecule has 0 bridgehead atoms. The Bertz CT molecular complexity index is 262. The summed E-state index contributed by atoms with van der Waals surface area (Å²) >= 11 is 0. The topological polar surface area (TPSA) is 38.3 Å². The van der Waals surface area contributed by atoms with E-state index in [0.29, 0.717) is 11.8 Å². The van der Waals surface area contributed by atoms with Gasteiger partial charge in [-0.3, -0.25) is 0 Å². The van der Waals surface area contributed by atoms with Crippen LogP contribution in [-0.2, 0) is 4.74 Å². The van der Waals surface area contributed by atoms with Gasteiger partial charge in [0.05, 0.1) is 0 Å². The molecule has 1 amide bonds. The smallest absolute Gasteiger partial charge is 0.407 e. The minimum absolute atomic E-state index is 0.250. The van der Waals surface area contributed by atoms with Crippen molar-refractivity contribution in [2.24, 2.45) is 11.8 Å². The maximum Gasteiger partial charge on any atom is 0.407 e. The first-order valence-corrected chi connectivity index (χ1v) is 7.29. The molecule has 106 valence electrons. The summed E-state index contributed by atoms with van der Waals surface area (Å²) in [6.45, 7) is 10.1. The van der Waals surface area contributed by atoms with Gasteiger partial charge in [0.2, 0.25) is 0 Å². The fourth-order valence-electron chi connectivity index (χ4n) is 2.77. The molecule has 18 heavy (non-hydrogen) atoms. The molecule has 1 unspecified atom stereocenters. The zero-order valence-electron chi connectivity index (χ0n) is 12.6. The van der Waals surface area contributed by atoms with Gasteiger partial charge in [-0.05, 0) is 45.4 Å².